The molecule has 0 radical (unpaired) electrons. The Hall–Kier alpha value is -1.82. The molecule has 1 heterocycles. The van der Waals surface area contributed by atoms with Gasteiger partial charge in [-0.1, -0.05) is 31.7 Å². The Morgan fingerprint density at radius 2 is 2.23 bits per heavy atom. The molecular weight excluding hydrogens is 298 g/mol. The number of hydrogen-bond acceptors (Lipinski definition) is 3. The maximum absolute atomic E-state index is 11.4. The van der Waals surface area contributed by atoms with Crippen molar-refractivity contribution in [1.82, 2.24) is 5.43 Å². The van der Waals surface area contributed by atoms with Crippen LogP contribution in [0.5, 0.6) is 0 Å². The lowest BCUT2D eigenvalue weighted by Crippen LogP contribution is -2.32. The van der Waals surface area contributed by atoms with E-state index in [1.807, 2.05) is 19.1 Å². The smallest absolute Gasteiger partial charge is 0.280 e. The number of hydrazone groups is 1. The Labute approximate surface area is 135 Å². The van der Waals surface area contributed by atoms with E-state index >= 15 is 0 Å². The molecule has 5 nitrogen and oxygen atoms in total. The van der Waals surface area contributed by atoms with Crippen LogP contribution >= 0.6 is 12.6 Å². The molecule has 1 aliphatic carbocycles. The number of rotatable bonds is 4. The van der Waals surface area contributed by atoms with Gasteiger partial charge in [0.15, 0.2) is 0 Å². The number of hydrogen-bond donors (Lipinski definition) is 3. The summed E-state index contributed by atoms with van der Waals surface area (Å²) in [4.78, 5) is 22.8. The molecule has 1 aromatic rings. The molecule has 3 rings (SSSR count). The van der Waals surface area contributed by atoms with Gasteiger partial charge >= 0.3 is 0 Å². The molecule has 2 N–H and O–H groups in total. The van der Waals surface area contributed by atoms with Crippen LogP contribution in [0.2, 0.25) is 0 Å². The fourth-order valence-corrected chi connectivity index (χ4v) is 2.91. The Morgan fingerprint density at radius 3 is 2.86 bits per heavy atom. The molecule has 0 bridgehead atoms. The maximum Gasteiger partial charge on any atom is 0.280 e. The number of thiol groups is 1. The van der Waals surface area contributed by atoms with Gasteiger partial charge in [-0.25, -0.2) is 5.43 Å². The zero-order chi connectivity index (χ0) is 15.7. The van der Waals surface area contributed by atoms with Crippen molar-refractivity contribution >= 4 is 35.2 Å². The van der Waals surface area contributed by atoms with Crippen molar-refractivity contribution in [3.05, 3.63) is 29.3 Å². The van der Waals surface area contributed by atoms with E-state index in [1.165, 1.54) is 18.4 Å². The second-order valence-corrected chi connectivity index (χ2v) is 6.50. The Morgan fingerprint density at radius 1 is 1.45 bits per heavy atom. The molecule has 0 spiro atoms. The molecule has 1 unspecified atom stereocenters. The van der Waals surface area contributed by atoms with Crippen molar-refractivity contribution in [2.24, 2.45) is 16.9 Å². The van der Waals surface area contributed by atoms with Crippen LogP contribution in [0, 0.1) is 11.8 Å². The second kappa shape index (κ2) is 6.12. The quantitative estimate of drug-likeness (QED) is 0.747. The van der Waals surface area contributed by atoms with Crippen LogP contribution in [0.3, 0.4) is 0 Å². The van der Waals surface area contributed by atoms with Gasteiger partial charge in [-0.15, -0.1) is 0 Å². The molecule has 116 valence electrons. The number of amides is 2. The van der Waals surface area contributed by atoms with E-state index in [1.54, 1.807) is 0 Å². The van der Waals surface area contributed by atoms with Crippen LogP contribution in [0.15, 0.2) is 23.3 Å². The van der Waals surface area contributed by atoms with E-state index in [4.69, 9.17) is 0 Å². The molecule has 1 aromatic carbocycles. The molecule has 6 heteroatoms. The fraction of sp³-hybridized carbons (Fsp3) is 0.438. The van der Waals surface area contributed by atoms with E-state index in [9.17, 15) is 9.59 Å². The van der Waals surface area contributed by atoms with Gasteiger partial charge < -0.3 is 5.32 Å². The van der Waals surface area contributed by atoms with Crippen molar-refractivity contribution in [3.63, 3.8) is 0 Å². The first-order valence-electron chi connectivity index (χ1n) is 7.52. The van der Waals surface area contributed by atoms with Crippen LogP contribution in [-0.2, 0) is 11.2 Å². The van der Waals surface area contributed by atoms with Crippen molar-refractivity contribution in [2.75, 3.05) is 5.32 Å². The highest BCUT2D eigenvalue weighted by Crippen LogP contribution is 2.34. The second-order valence-electron chi connectivity index (χ2n) is 6.09. The van der Waals surface area contributed by atoms with Crippen molar-refractivity contribution in [1.29, 1.82) is 0 Å². The van der Waals surface area contributed by atoms with Gasteiger partial charge in [0.1, 0.15) is 0 Å². The molecule has 22 heavy (non-hydrogen) atoms. The Bertz CT molecular complexity index is 653. The normalized spacial score (nSPS) is 21.1. The monoisotopic (exact) mass is 317 g/mol. The summed E-state index contributed by atoms with van der Waals surface area (Å²) in [6.45, 7) is 1.96. The molecular formula is C16H19N3O2S. The minimum absolute atomic E-state index is 0.0126. The van der Waals surface area contributed by atoms with Gasteiger partial charge in [0.05, 0.1) is 11.4 Å². The fourth-order valence-electron chi connectivity index (χ4n) is 2.79. The first-order chi connectivity index (χ1) is 10.5. The van der Waals surface area contributed by atoms with E-state index < -0.39 is 5.24 Å². The van der Waals surface area contributed by atoms with Crippen molar-refractivity contribution < 1.29 is 9.59 Å². The van der Waals surface area contributed by atoms with Gasteiger partial charge in [0.2, 0.25) is 5.91 Å². The topological polar surface area (TPSA) is 70.6 Å². The lowest BCUT2D eigenvalue weighted by molar-refractivity contribution is -0.121. The van der Waals surface area contributed by atoms with E-state index in [2.05, 4.69) is 34.5 Å². The largest absolute Gasteiger partial charge is 0.316 e. The van der Waals surface area contributed by atoms with E-state index in [-0.39, 0.29) is 11.8 Å². The summed E-state index contributed by atoms with van der Waals surface area (Å²) >= 11 is 3.81. The lowest BCUT2D eigenvalue weighted by atomic mass is 9.91. The van der Waals surface area contributed by atoms with Gasteiger partial charge in [-0.3, -0.25) is 9.59 Å². The van der Waals surface area contributed by atoms with Crippen LogP contribution in [0.1, 0.15) is 37.3 Å². The first-order valence-corrected chi connectivity index (χ1v) is 7.97. The van der Waals surface area contributed by atoms with E-state index in [0.717, 1.165) is 23.6 Å². The Kier molecular flexibility index (Phi) is 4.20. The molecule has 0 aromatic heterocycles. The predicted molar refractivity (Wildman–Crippen MR) is 89.3 cm³/mol. The maximum atomic E-state index is 11.4. The SMILES string of the molecule is CC1CC(=O)NN=C1c1ccc(CC2CC2)cc1NC(=O)S. The van der Waals surface area contributed by atoms with E-state index in [0.29, 0.717) is 12.1 Å². The predicted octanol–water partition coefficient (Wildman–Crippen LogP) is 2.96. The van der Waals surface area contributed by atoms with Gasteiger partial charge in [-0.2, -0.15) is 5.10 Å². The summed E-state index contributed by atoms with van der Waals surface area (Å²) in [6.07, 6.45) is 4.00. The summed E-state index contributed by atoms with van der Waals surface area (Å²) in [7, 11) is 0. The summed E-state index contributed by atoms with van der Waals surface area (Å²) in [5, 5.41) is 6.54. The number of nitrogens with one attached hydrogen (secondary N) is 2. The summed E-state index contributed by atoms with van der Waals surface area (Å²) in [5.74, 6) is 0.704. The number of carbonyl (C=O) groups is 2. The number of benzene rings is 1. The molecule has 1 saturated carbocycles. The van der Waals surface area contributed by atoms with Gasteiger partial charge in [0.25, 0.3) is 5.24 Å². The van der Waals surface area contributed by atoms with Crippen LogP contribution < -0.4 is 10.7 Å². The summed E-state index contributed by atoms with van der Waals surface area (Å²) in [5.41, 5.74) is 6.06. The highest BCUT2D eigenvalue weighted by atomic mass is 32.1. The zero-order valence-corrected chi connectivity index (χ0v) is 13.3. The summed E-state index contributed by atoms with van der Waals surface area (Å²) < 4.78 is 0. The number of nitrogens with zero attached hydrogens (tertiary/aromatic N) is 1. The third kappa shape index (κ3) is 3.50. The number of carbonyl (C=O) groups excluding carboxylic acids is 2. The molecule has 2 amide bonds. The van der Waals surface area contributed by atoms with Crippen LogP contribution in [-0.4, -0.2) is 16.9 Å². The molecule has 0 saturated heterocycles. The highest BCUT2D eigenvalue weighted by Gasteiger charge is 2.25. The lowest BCUT2D eigenvalue weighted by Gasteiger charge is -2.21. The summed E-state index contributed by atoms with van der Waals surface area (Å²) in [6, 6.07) is 6.05. The average Bonchev–Trinajstić information content (AvgIpc) is 3.23. The average molecular weight is 317 g/mol. The van der Waals surface area contributed by atoms with Crippen molar-refractivity contribution in [3.8, 4) is 0 Å². The molecule has 2 aliphatic rings. The third-order valence-electron chi connectivity index (χ3n) is 4.08. The molecule has 1 atom stereocenters. The highest BCUT2D eigenvalue weighted by molar-refractivity contribution is 7.96. The number of anilines is 1. The molecule has 1 aliphatic heterocycles. The third-order valence-corrected chi connectivity index (χ3v) is 4.19. The Balaban J connectivity index is 1.94. The van der Waals surface area contributed by atoms with Crippen LogP contribution in [0.4, 0.5) is 10.5 Å². The van der Waals surface area contributed by atoms with Crippen molar-refractivity contribution in [2.45, 2.75) is 32.6 Å². The minimum atomic E-state index is -0.405. The zero-order valence-electron chi connectivity index (χ0n) is 12.4. The first kappa shape index (κ1) is 15.1. The van der Waals surface area contributed by atoms with Gasteiger partial charge in [-0.05, 0) is 36.8 Å². The van der Waals surface area contributed by atoms with Crippen LogP contribution in [0.25, 0.3) is 0 Å². The molecule has 1 fully saturated rings. The minimum Gasteiger partial charge on any atom is -0.316 e. The standard InChI is InChI=1S/C16H19N3O2S/c1-9-6-14(20)18-19-15(9)12-5-4-11(7-10-2-3-10)8-13(12)17-16(21)22/h4-5,8-10H,2-3,6-7H2,1H3,(H,18,20)(H2,17,21,22). The van der Waals surface area contributed by atoms with Gasteiger partial charge in [0, 0.05) is 17.9 Å².